The van der Waals surface area contributed by atoms with Gasteiger partial charge in [-0.2, -0.15) is 5.26 Å². The van der Waals surface area contributed by atoms with Gasteiger partial charge in [0.2, 0.25) is 0 Å². The number of nitrogens with zero attached hydrogens (tertiary/aromatic N) is 1. The van der Waals surface area contributed by atoms with Gasteiger partial charge in [0.1, 0.15) is 0 Å². The predicted octanol–water partition coefficient (Wildman–Crippen LogP) is 3.03. The van der Waals surface area contributed by atoms with Crippen LogP contribution in [-0.2, 0) is 17.7 Å². The molecule has 0 atom stereocenters. The van der Waals surface area contributed by atoms with Crippen LogP contribution in [0.1, 0.15) is 16.7 Å². The van der Waals surface area contributed by atoms with Crippen molar-refractivity contribution in [3.05, 3.63) is 71.3 Å². The Morgan fingerprint density at radius 1 is 1.05 bits per heavy atom. The van der Waals surface area contributed by atoms with Crippen LogP contribution in [0.15, 0.2) is 54.6 Å². The minimum atomic E-state index is -0.424. The van der Waals surface area contributed by atoms with Gasteiger partial charge in [0, 0.05) is 13.0 Å². The Morgan fingerprint density at radius 2 is 1.76 bits per heavy atom. The zero-order valence-electron chi connectivity index (χ0n) is 11.6. The summed E-state index contributed by atoms with van der Waals surface area (Å²) in [6, 6.07) is 19.0. The van der Waals surface area contributed by atoms with Crippen molar-refractivity contribution in [3.63, 3.8) is 0 Å². The third kappa shape index (κ3) is 5.00. The third-order valence-corrected chi connectivity index (χ3v) is 2.99. The van der Waals surface area contributed by atoms with E-state index in [2.05, 4.69) is 11.4 Å². The second-order valence-electron chi connectivity index (χ2n) is 4.53. The first kappa shape index (κ1) is 14.6. The summed E-state index contributed by atoms with van der Waals surface area (Å²) in [5, 5.41) is 11.4. The molecule has 0 fully saturated rings. The van der Waals surface area contributed by atoms with Gasteiger partial charge in [-0.3, -0.25) is 0 Å². The molecule has 0 aliphatic heterocycles. The Hall–Kier alpha value is -2.80. The molecule has 0 bridgehead atoms. The van der Waals surface area contributed by atoms with Gasteiger partial charge in [0.15, 0.2) is 0 Å². The molecule has 2 aromatic rings. The van der Waals surface area contributed by atoms with Crippen LogP contribution in [0.5, 0.6) is 0 Å². The fourth-order valence-electron chi connectivity index (χ4n) is 1.83. The van der Waals surface area contributed by atoms with Crippen LogP contribution in [0.25, 0.3) is 0 Å². The summed E-state index contributed by atoms with van der Waals surface area (Å²) in [6.45, 7) is 0.767. The molecule has 0 aliphatic rings. The van der Waals surface area contributed by atoms with E-state index in [1.165, 1.54) is 0 Å². The second kappa shape index (κ2) is 7.71. The van der Waals surface area contributed by atoms with E-state index in [1.807, 2.05) is 42.5 Å². The molecule has 4 nitrogen and oxygen atoms in total. The quantitative estimate of drug-likeness (QED) is 0.915. The molecule has 0 radical (unpaired) electrons. The number of nitrogens with one attached hydrogen (secondary N) is 1. The maximum atomic E-state index is 11.5. The lowest BCUT2D eigenvalue weighted by Crippen LogP contribution is -2.24. The van der Waals surface area contributed by atoms with E-state index in [-0.39, 0.29) is 0 Å². The molecule has 0 aliphatic carbocycles. The van der Waals surface area contributed by atoms with Crippen molar-refractivity contribution in [1.82, 2.24) is 5.32 Å². The van der Waals surface area contributed by atoms with Crippen LogP contribution in [-0.4, -0.2) is 12.7 Å². The maximum Gasteiger partial charge on any atom is 0.407 e. The summed E-state index contributed by atoms with van der Waals surface area (Å²) in [5.74, 6) is 0. The summed E-state index contributed by atoms with van der Waals surface area (Å²) in [4.78, 5) is 11.5. The van der Waals surface area contributed by atoms with Crippen LogP contribution in [0, 0.1) is 11.3 Å². The number of rotatable bonds is 5. The van der Waals surface area contributed by atoms with Gasteiger partial charge in [0.25, 0.3) is 0 Å². The van der Waals surface area contributed by atoms with Gasteiger partial charge in [-0.05, 0) is 23.3 Å². The summed E-state index contributed by atoms with van der Waals surface area (Å²) < 4.78 is 5.11. The van der Waals surface area contributed by atoms with Crippen LogP contribution in [0.3, 0.4) is 0 Å². The van der Waals surface area contributed by atoms with E-state index >= 15 is 0 Å². The van der Waals surface area contributed by atoms with Gasteiger partial charge in [-0.15, -0.1) is 0 Å². The first-order chi connectivity index (χ1) is 10.3. The number of carbonyl (C=O) groups excluding carboxylic acids is 1. The molecule has 21 heavy (non-hydrogen) atoms. The number of benzene rings is 2. The summed E-state index contributed by atoms with van der Waals surface area (Å²) in [6.07, 6.45) is 0.206. The minimum absolute atomic E-state index is 0.312. The number of amides is 1. The summed E-state index contributed by atoms with van der Waals surface area (Å²) in [7, 11) is 0. The fourth-order valence-corrected chi connectivity index (χ4v) is 1.83. The van der Waals surface area contributed by atoms with Crippen molar-refractivity contribution < 1.29 is 9.53 Å². The van der Waals surface area contributed by atoms with E-state index in [0.29, 0.717) is 25.1 Å². The van der Waals surface area contributed by atoms with Crippen molar-refractivity contribution >= 4 is 6.09 Å². The molecule has 106 valence electrons. The van der Waals surface area contributed by atoms with Crippen molar-refractivity contribution in [2.45, 2.75) is 13.0 Å². The molecule has 2 aromatic carbocycles. The van der Waals surface area contributed by atoms with Crippen molar-refractivity contribution in [1.29, 1.82) is 5.26 Å². The topological polar surface area (TPSA) is 62.1 Å². The summed E-state index contributed by atoms with van der Waals surface area (Å²) in [5.41, 5.74) is 2.69. The Labute approximate surface area is 124 Å². The number of nitriles is 1. The highest BCUT2D eigenvalue weighted by Gasteiger charge is 2.02. The summed E-state index contributed by atoms with van der Waals surface area (Å²) >= 11 is 0. The molecule has 0 unspecified atom stereocenters. The number of hydrogen-bond acceptors (Lipinski definition) is 3. The highest BCUT2D eigenvalue weighted by Crippen LogP contribution is 2.04. The highest BCUT2D eigenvalue weighted by molar-refractivity contribution is 5.67. The molecule has 0 heterocycles. The lowest BCUT2D eigenvalue weighted by Gasteiger charge is -2.07. The Bertz CT molecular complexity index is 615. The second-order valence-corrected chi connectivity index (χ2v) is 4.53. The molecular formula is C17H16N2O2. The number of ether oxygens (including phenoxy) is 1. The molecule has 0 saturated heterocycles. The standard InChI is InChI=1S/C17H16N2O2/c18-12-15-8-6-14(7-9-15)10-11-21-17(20)19-13-16-4-2-1-3-5-16/h1-9H,10-11,13H2,(H,19,20). The lowest BCUT2D eigenvalue weighted by atomic mass is 10.1. The smallest absolute Gasteiger partial charge is 0.407 e. The number of hydrogen-bond donors (Lipinski definition) is 1. The monoisotopic (exact) mass is 280 g/mol. The first-order valence-electron chi connectivity index (χ1n) is 6.71. The third-order valence-electron chi connectivity index (χ3n) is 2.99. The van der Waals surface area contributed by atoms with Gasteiger partial charge < -0.3 is 10.1 Å². The van der Waals surface area contributed by atoms with Crippen molar-refractivity contribution in [2.24, 2.45) is 0 Å². The lowest BCUT2D eigenvalue weighted by molar-refractivity contribution is 0.147. The van der Waals surface area contributed by atoms with E-state index < -0.39 is 6.09 Å². The molecule has 0 spiro atoms. The Balaban J connectivity index is 1.68. The normalized spacial score (nSPS) is 9.67. The average molecular weight is 280 g/mol. The van der Waals surface area contributed by atoms with E-state index in [4.69, 9.17) is 10.00 Å². The van der Waals surface area contributed by atoms with Gasteiger partial charge in [-0.1, -0.05) is 42.5 Å². The van der Waals surface area contributed by atoms with Gasteiger partial charge >= 0.3 is 6.09 Å². The molecular weight excluding hydrogens is 264 g/mol. The van der Waals surface area contributed by atoms with Crippen LogP contribution in [0.2, 0.25) is 0 Å². The predicted molar refractivity (Wildman–Crippen MR) is 79.5 cm³/mol. The molecule has 1 amide bonds. The molecule has 0 aromatic heterocycles. The highest BCUT2D eigenvalue weighted by atomic mass is 16.5. The van der Waals surface area contributed by atoms with E-state index in [0.717, 1.165) is 11.1 Å². The maximum absolute atomic E-state index is 11.5. The van der Waals surface area contributed by atoms with E-state index in [9.17, 15) is 4.79 Å². The zero-order valence-corrected chi connectivity index (χ0v) is 11.6. The number of alkyl carbamates (subject to hydrolysis) is 1. The zero-order chi connectivity index (χ0) is 14.9. The average Bonchev–Trinajstić information content (AvgIpc) is 2.54. The minimum Gasteiger partial charge on any atom is -0.449 e. The van der Waals surface area contributed by atoms with Crippen LogP contribution >= 0.6 is 0 Å². The van der Waals surface area contributed by atoms with Crippen molar-refractivity contribution in [3.8, 4) is 6.07 Å². The Kier molecular flexibility index (Phi) is 5.36. The molecule has 4 heteroatoms. The Morgan fingerprint density at radius 3 is 2.43 bits per heavy atom. The first-order valence-corrected chi connectivity index (χ1v) is 6.71. The van der Waals surface area contributed by atoms with E-state index in [1.54, 1.807) is 12.1 Å². The SMILES string of the molecule is N#Cc1ccc(CCOC(=O)NCc2ccccc2)cc1. The molecule has 2 rings (SSSR count). The molecule has 0 saturated carbocycles. The van der Waals surface area contributed by atoms with Crippen LogP contribution in [0.4, 0.5) is 4.79 Å². The largest absolute Gasteiger partial charge is 0.449 e. The fraction of sp³-hybridized carbons (Fsp3) is 0.176. The van der Waals surface area contributed by atoms with Crippen LogP contribution < -0.4 is 5.32 Å². The van der Waals surface area contributed by atoms with Crippen molar-refractivity contribution in [2.75, 3.05) is 6.61 Å². The molecule has 1 N–H and O–H groups in total. The number of carbonyl (C=O) groups is 1. The van der Waals surface area contributed by atoms with Gasteiger partial charge in [-0.25, -0.2) is 4.79 Å². The van der Waals surface area contributed by atoms with Gasteiger partial charge in [0.05, 0.1) is 18.2 Å².